The fraction of sp³-hybridized carbons (Fsp3) is 0.100. The van der Waals surface area contributed by atoms with Crippen LogP contribution in [0.15, 0.2) is 60.7 Å². The Morgan fingerprint density at radius 1 is 0.967 bits per heavy atom. The van der Waals surface area contributed by atoms with Crippen molar-refractivity contribution >= 4 is 23.2 Å². The fourth-order valence-corrected chi connectivity index (χ4v) is 3.64. The first-order chi connectivity index (χ1) is 14.6. The third kappa shape index (κ3) is 4.39. The van der Waals surface area contributed by atoms with Gasteiger partial charge in [0.1, 0.15) is 16.4 Å². The smallest absolute Gasteiger partial charge is 0.271 e. The average Bonchev–Trinajstić information content (AvgIpc) is 3.40. The molecule has 0 bridgehead atoms. The second kappa shape index (κ2) is 8.62. The van der Waals surface area contributed by atoms with E-state index in [0.717, 1.165) is 20.9 Å². The first kappa shape index (κ1) is 19.4. The van der Waals surface area contributed by atoms with Crippen LogP contribution in [0.25, 0.3) is 22.0 Å². The van der Waals surface area contributed by atoms with Crippen molar-refractivity contribution in [3.05, 3.63) is 71.2 Å². The molecule has 9 nitrogen and oxygen atoms in total. The van der Waals surface area contributed by atoms with Crippen molar-refractivity contribution in [2.75, 3.05) is 0 Å². The van der Waals surface area contributed by atoms with E-state index in [0.29, 0.717) is 16.4 Å². The van der Waals surface area contributed by atoms with Crippen LogP contribution in [0.5, 0.6) is 0 Å². The van der Waals surface area contributed by atoms with E-state index in [4.69, 9.17) is 0 Å². The summed E-state index contributed by atoms with van der Waals surface area (Å²) in [5.41, 5.74) is 7.09. The van der Waals surface area contributed by atoms with Crippen LogP contribution in [0.4, 0.5) is 0 Å². The monoisotopic (exact) mass is 419 g/mol. The molecule has 0 atom stereocenters. The van der Waals surface area contributed by atoms with Gasteiger partial charge in [-0.3, -0.25) is 20.4 Å². The van der Waals surface area contributed by atoms with Crippen LogP contribution in [0.1, 0.15) is 15.4 Å². The van der Waals surface area contributed by atoms with Gasteiger partial charge in [-0.25, -0.2) is 4.98 Å². The first-order valence-corrected chi connectivity index (χ1v) is 9.87. The van der Waals surface area contributed by atoms with Crippen molar-refractivity contribution in [1.82, 2.24) is 36.0 Å². The molecular formula is C20H17N7O2S. The number of aromatic nitrogens is 5. The molecule has 0 saturated heterocycles. The highest BCUT2D eigenvalue weighted by Gasteiger charge is 2.17. The third-order valence-electron chi connectivity index (χ3n) is 4.11. The number of nitrogens with zero attached hydrogens (tertiary/aromatic N) is 5. The van der Waals surface area contributed by atoms with Crippen molar-refractivity contribution in [3.63, 3.8) is 0 Å². The molecule has 4 rings (SSSR count). The maximum absolute atomic E-state index is 12.5. The van der Waals surface area contributed by atoms with E-state index in [1.54, 1.807) is 6.92 Å². The SMILES string of the molecule is Cc1nc(-c2ccccc2)sc1C(=O)NNC(=O)Cn1nnc(-c2ccccc2)n1. The van der Waals surface area contributed by atoms with Crippen molar-refractivity contribution < 1.29 is 9.59 Å². The van der Waals surface area contributed by atoms with Crippen LogP contribution in [-0.4, -0.2) is 37.0 Å². The zero-order valence-electron chi connectivity index (χ0n) is 15.9. The number of nitrogens with one attached hydrogen (secondary N) is 2. The molecule has 2 aromatic heterocycles. The molecule has 150 valence electrons. The minimum Gasteiger partial charge on any atom is -0.271 e. The Labute approximate surface area is 175 Å². The highest BCUT2D eigenvalue weighted by Crippen LogP contribution is 2.27. The molecule has 2 heterocycles. The molecule has 0 spiro atoms. The van der Waals surface area contributed by atoms with Gasteiger partial charge in [-0.05, 0) is 12.1 Å². The van der Waals surface area contributed by atoms with Crippen LogP contribution in [0.2, 0.25) is 0 Å². The summed E-state index contributed by atoms with van der Waals surface area (Å²) in [7, 11) is 0. The predicted molar refractivity (Wildman–Crippen MR) is 111 cm³/mol. The predicted octanol–water partition coefficient (Wildman–Crippen LogP) is 2.23. The lowest BCUT2D eigenvalue weighted by molar-refractivity contribution is -0.122. The van der Waals surface area contributed by atoms with Gasteiger partial charge in [0.2, 0.25) is 5.82 Å². The second-order valence-corrected chi connectivity index (χ2v) is 7.31. The van der Waals surface area contributed by atoms with Crippen LogP contribution in [0, 0.1) is 6.92 Å². The Morgan fingerprint density at radius 3 is 2.33 bits per heavy atom. The van der Waals surface area contributed by atoms with Gasteiger partial charge in [0.05, 0.1) is 5.69 Å². The summed E-state index contributed by atoms with van der Waals surface area (Å²) in [5, 5.41) is 12.7. The van der Waals surface area contributed by atoms with Gasteiger partial charge in [-0.15, -0.1) is 21.5 Å². The first-order valence-electron chi connectivity index (χ1n) is 9.05. The second-order valence-electron chi connectivity index (χ2n) is 6.31. The minimum atomic E-state index is -0.481. The molecule has 0 unspecified atom stereocenters. The van der Waals surface area contributed by atoms with Crippen molar-refractivity contribution in [1.29, 1.82) is 0 Å². The van der Waals surface area contributed by atoms with Gasteiger partial charge in [0.15, 0.2) is 0 Å². The van der Waals surface area contributed by atoms with Crippen molar-refractivity contribution in [3.8, 4) is 22.0 Å². The molecule has 0 aliphatic heterocycles. The number of benzene rings is 2. The largest absolute Gasteiger partial charge is 0.281 e. The summed E-state index contributed by atoms with van der Waals surface area (Å²) in [4.78, 5) is 30.6. The van der Waals surface area contributed by atoms with Gasteiger partial charge in [-0.1, -0.05) is 60.7 Å². The zero-order valence-corrected chi connectivity index (χ0v) is 16.8. The Morgan fingerprint density at radius 2 is 1.63 bits per heavy atom. The van der Waals surface area contributed by atoms with Crippen molar-refractivity contribution in [2.45, 2.75) is 13.5 Å². The number of hydrogen-bond acceptors (Lipinski definition) is 7. The van der Waals surface area contributed by atoms with E-state index >= 15 is 0 Å². The number of carbonyl (C=O) groups excluding carboxylic acids is 2. The molecule has 0 fully saturated rings. The highest BCUT2D eigenvalue weighted by molar-refractivity contribution is 7.17. The maximum Gasteiger partial charge on any atom is 0.281 e. The number of hydrazine groups is 1. The lowest BCUT2D eigenvalue weighted by atomic mass is 10.2. The fourth-order valence-electron chi connectivity index (χ4n) is 2.68. The van der Waals surface area contributed by atoms with E-state index in [1.165, 1.54) is 11.3 Å². The lowest BCUT2D eigenvalue weighted by Gasteiger charge is -2.05. The summed E-state index contributed by atoms with van der Waals surface area (Å²) in [6, 6.07) is 18.9. The topological polar surface area (TPSA) is 115 Å². The molecule has 0 aliphatic rings. The Balaban J connectivity index is 1.35. The Hall–Kier alpha value is -3.92. The third-order valence-corrected chi connectivity index (χ3v) is 5.31. The van der Waals surface area contributed by atoms with E-state index in [-0.39, 0.29) is 6.54 Å². The highest BCUT2D eigenvalue weighted by atomic mass is 32.1. The lowest BCUT2D eigenvalue weighted by Crippen LogP contribution is -2.43. The molecule has 10 heteroatoms. The zero-order chi connectivity index (χ0) is 20.9. The molecule has 2 aromatic carbocycles. The van der Waals surface area contributed by atoms with Gasteiger partial charge in [0, 0.05) is 11.1 Å². The normalized spacial score (nSPS) is 10.6. The molecule has 30 heavy (non-hydrogen) atoms. The number of aryl methyl sites for hydroxylation is 1. The van der Waals surface area contributed by atoms with E-state index in [9.17, 15) is 9.59 Å². The van der Waals surface area contributed by atoms with Crippen LogP contribution in [0.3, 0.4) is 0 Å². The standard InChI is InChI=1S/C20H17N7O2S/c1-13-17(30-20(21-13)15-10-6-3-7-11-15)19(29)24-22-16(28)12-27-25-18(23-26-27)14-8-4-2-5-9-14/h2-11H,12H2,1H3,(H,22,28)(H,24,29). The molecule has 0 saturated carbocycles. The number of hydrogen-bond donors (Lipinski definition) is 2. The van der Waals surface area contributed by atoms with Crippen LogP contribution >= 0.6 is 11.3 Å². The van der Waals surface area contributed by atoms with Crippen molar-refractivity contribution in [2.24, 2.45) is 0 Å². The van der Waals surface area contributed by atoms with Crippen LogP contribution in [-0.2, 0) is 11.3 Å². The maximum atomic E-state index is 12.5. The molecular weight excluding hydrogens is 402 g/mol. The van der Waals surface area contributed by atoms with Gasteiger partial charge in [0.25, 0.3) is 11.8 Å². The molecule has 4 aromatic rings. The summed E-state index contributed by atoms with van der Waals surface area (Å²) in [6.07, 6.45) is 0. The Bertz CT molecular complexity index is 1170. The van der Waals surface area contributed by atoms with Gasteiger partial charge < -0.3 is 0 Å². The molecule has 2 amide bonds. The minimum absolute atomic E-state index is 0.183. The quantitative estimate of drug-likeness (QED) is 0.480. The number of tetrazole rings is 1. The Kier molecular flexibility index (Phi) is 5.57. The van der Waals surface area contributed by atoms with E-state index < -0.39 is 11.8 Å². The number of rotatable bonds is 5. The molecule has 0 radical (unpaired) electrons. The molecule has 0 aliphatic carbocycles. The number of amides is 2. The van der Waals surface area contributed by atoms with Gasteiger partial charge >= 0.3 is 0 Å². The number of carbonyl (C=O) groups is 2. The average molecular weight is 419 g/mol. The van der Waals surface area contributed by atoms with Crippen LogP contribution < -0.4 is 10.9 Å². The summed E-state index contributed by atoms with van der Waals surface area (Å²) in [5.74, 6) is -0.496. The number of thiazole rings is 1. The van der Waals surface area contributed by atoms with Gasteiger partial charge in [-0.2, -0.15) is 4.80 Å². The van der Waals surface area contributed by atoms with E-state index in [2.05, 4.69) is 31.2 Å². The molecule has 2 N–H and O–H groups in total. The van der Waals surface area contributed by atoms with E-state index in [1.807, 2.05) is 60.7 Å². The summed E-state index contributed by atoms with van der Waals surface area (Å²) < 4.78 is 0. The summed E-state index contributed by atoms with van der Waals surface area (Å²) >= 11 is 1.26. The summed E-state index contributed by atoms with van der Waals surface area (Å²) in [6.45, 7) is 1.57.